The maximum atomic E-state index is 11.4. The fraction of sp³-hybridized carbons (Fsp3) is 1.00. The van der Waals surface area contributed by atoms with Crippen LogP contribution in [0.4, 0.5) is 26.3 Å². The zero-order chi connectivity index (χ0) is 26.2. The molecule has 18 heteroatoms. The van der Waals surface area contributed by atoms with Crippen LogP contribution in [0.25, 0.3) is 4.13 Å². The van der Waals surface area contributed by atoms with Gasteiger partial charge < -0.3 is 21.9 Å². The Labute approximate surface area is 191 Å². The Bertz CT molecular complexity index is 742. The van der Waals surface area contributed by atoms with E-state index < -0.39 is 39.9 Å². The number of piperidine rings is 1. The quantitative estimate of drug-likeness (QED) is 0.231. The van der Waals surface area contributed by atoms with Crippen molar-refractivity contribution in [3.8, 4) is 0 Å². The summed E-state index contributed by atoms with van der Waals surface area (Å²) in [6.07, 6.45) is 4.90. The molecule has 0 aromatic rings. The van der Waals surface area contributed by atoms with E-state index in [1.807, 2.05) is 20.8 Å². The van der Waals surface area contributed by atoms with E-state index >= 15 is 0 Å². The van der Waals surface area contributed by atoms with Crippen LogP contribution >= 0.6 is 0 Å². The summed E-state index contributed by atoms with van der Waals surface area (Å²) in [5.41, 5.74) is -12.4. The molecule has 1 aliphatic rings. The zero-order valence-electron chi connectivity index (χ0n) is 18.7. The van der Waals surface area contributed by atoms with Crippen molar-refractivity contribution in [1.29, 1.82) is 0 Å². The number of likely N-dealkylation sites (tertiary alicyclic amines) is 1. The fourth-order valence-corrected chi connectivity index (χ4v) is 7.84. The minimum atomic E-state index is -6.72. The van der Waals surface area contributed by atoms with Gasteiger partial charge in [0.15, 0.2) is 20.0 Å². The van der Waals surface area contributed by atoms with Gasteiger partial charge in [-0.25, -0.2) is 16.8 Å². The predicted octanol–water partition coefficient (Wildman–Crippen LogP) is 3.26. The lowest BCUT2D eigenvalue weighted by atomic mass is 10.1. The Kier molecular flexibility index (Phi) is 12.3. The van der Waals surface area contributed by atoms with E-state index in [1.54, 1.807) is 0 Å². The summed E-state index contributed by atoms with van der Waals surface area (Å²) < 4.78 is 128. The molecule has 0 aromatic heterocycles. The summed E-state index contributed by atoms with van der Waals surface area (Å²) in [4.78, 5) is 0. The second-order valence-electron chi connectivity index (χ2n) is 7.18. The summed E-state index contributed by atoms with van der Waals surface area (Å²) in [7, 11) is -13.6. The summed E-state index contributed by atoms with van der Waals surface area (Å²) in [5, 5.41) is 0. The maximum absolute atomic E-state index is 11.4. The zero-order valence-corrected chi connectivity index (χ0v) is 21.3. The van der Waals surface area contributed by atoms with E-state index in [4.69, 9.17) is 13.3 Å². The first-order valence-electron chi connectivity index (χ1n) is 9.92. The van der Waals surface area contributed by atoms with E-state index in [9.17, 15) is 43.2 Å². The molecule has 0 unspecified atom stereocenters. The van der Waals surface area contributed by atoms with Crippen molar-refractivity contribution in [2.24, 2.45) is 0 Å². The van der Waals surface area contributed by atoms with Crippen molar-refractivity contribution in [1.82, 2.24) is 0 Å². The number of hydrogen-bond acceptors (Lipinski definition) is 7. The van der Waals surface area contributed by atoms with Crippen molar-refractivity contribution in [3.63, 3.8) is 0 Å². The Balaban J connectivity index is 0.000000633. The summed E-state index contributed by atoms with van der Waals surface area (Å²) >= 11 is 0. The average Bonchev–Trinajstić information content (AvgIpc) is 2.60. The summed E-state index contributed by atoms with van der Waals surface area (Å²) in [6, 6.07) is 0. The van der Waals surface area contributed by atoms with Crippen LogP contribution in [0.2, 0.25) is 0 Å². The Morgan fingerprint density at radius 2 is 1.09 bits per heavy atom. The molecule has 0 aliphatic carbocycles. The molecule has 1 aliphatic heterocycles. The van der Waals surface area contributed by atoms with Crippen LogP contribution < -0.4 is 0 Å². The van der Waals surface area contributed by atoms with Crippen LogP contribution in [0.15, 0.2) is 0 Å². The van der Waals surface area contributed by atoms with Crippen molar-refractivity contribution in [2.45, 2.75) is 51.1 Å². The van der Waals surface area contributed by atoms with Gasteiger partial charge >= 0.3 is 19.8 Å². The molecule has 0 N–H and O–H groups in total. The third-order valence-corrected chi connectivity index (χ3v) is 10.4. The normalized spacial score (nSPS) is 17.9. The largest absolute Gasteiger partial charge is 0.559 e. The molecule has 0 aromatic carbocycles. The van der Waals surface area contributed by atoms with E-state index in [1.165, 1.54) is 32.4 Å². The lowest BCUT2D eigenvalue weighted by Crippen LogP contribution is -2.63. The third-order valence-electron chi connectivity index (χ3n) is 4.35. The highest BCUT2D eigenvalue weighted by atomic mass is 32.3. The van der Waals surface area contributed by atoms with Gasteiger partial charge in [-0.15, -0.1) is 0 Å². The molecule has 1 rings (SSSR count). The Morgan fingerprint density at radius 1 is 0.758 bits per heavy atom. The topological polar surface area (TPSA) is 110 Å². The first-order valence-corrected chi connectivity index (χ1v) is 14.7. The third kappa shape index (κ3) is 10.3. The van der Waals surface area contributed by atoms with Gasteiger partial charge in [0.1, 0.15) is 6.17 Å². The van der Waals surface area contributed by atoms with Gasteiger partial charge in [-0.1, -0.05) is 0 Å². The number of halogens is 6. The molecule has 200 valence electrons. The maximum Gasteiger partial charge on any atom is 0.559 e. The molecule has 1 fully saturated rings. The number of alkyl halides is 6. The smallest absolute Gasteiger partial charge is 0.421 e. The van der Waals surface area contributed by atoms with Crippen LogP contribution in [0.3, 0.4) is 0 Å². The van der Waals surface area contributed by atoms with Gasteiger partial charge in [-0.2, -0.15) is 26.3 Å². The van der Waals surface area contributed by atoms with E-state index in [2.05, 4.69) is 7.05 Å². The number of rotatable bonds is 10. The molecule has 0 atom stereocenters. The predicted molar refractivity (Wildman–Crippen MR) is 109 cm³/mol. The molecule has 0 spiro atoms. The van der Waals surface area contributed by atoms with Crippen molar-refractivity contribution in [2.75, 3.05) is 46.1 Å². The molecular weight excluding hydrogens is 526 g/mol. The minimum Gasteiger partial charge on any atom is -0.421 e. The van der Waals surface area contributed by atoms with Gasteiger partial charge in [0.25, 0.3) is 0 Å². The van der Waals surface area contributed by atoms with Crippen molar-refractivity contribution < 1.29 is 60.9 Å². The molecule has 1 heterocycles. The molecule has 0 bridgehead atoms. The lowest BCUT2D eigenvalue weighted by molar-refractivity contribution is -0.906. The summed E-state index contributed by atoms with van der Waals surface area (Å²) in [6.45, 7) is 10.5. The molecule has 0 saturated carbocycles. The second-order valence-corrected chi connectivity index (χ2v) is 13.2. The van der Waals surface area contributed by atoms with Gasteiger partial charge in [-0.05, 0) is 40.0 Å². The molecule has 9 nitrogen and oxygen atoms in total. The number of nitrogens with zero attached hydrogens (tertiary/aromatic N) is 2. The fourth-order valence-electron chi connectivity index (χ4n) is 3.04. The highest BCUT2D eigenvalue weighted by Crippen LogP contribution is 2.36. The monoisotopic (exact) mass is 556 g/mol. The van der Waals surface area contributed by atoms with Crippen LogP contribution in [-0.2, 0) is 33.3 Å². The number of hydrogen-bond donors (Lipinski definition) is 0. The van der Waals surface area contributed by atoms with E-state index in [0.717, 1.165) is 14.8 Å². The first-order chi connectivity index (χ1) is 14.8. The van der Waals surface area contributed by atoms with Crippen LogP contribution in [0.1, 0.15) is 40.0 Å². The first kappa shape index (κ1) is 32.5. The van der Waals surface area contributed by atoms with Crippen molar-refractivity contribution >= 4 is 28.9 Å². The van der Waals surface area contributed by atoms with Gasteiger partial charge in [-0.3, -0.25) is 0 Å². The molecule has 0 radical (unpaired) electrons. The van der Waals surface area contributed by atoms with Crippen LogP contribution in [0.5, 0.6) is 0 Å². The molecule has 33 heavy (non-hydrogen) atoms. The van der Waals surface area contributed by atoms with Crippen molar-refractivity contribution in [3.05, 3.63) is 4.13 Å². The highest BCUT2D eigenvalue weighted by molar-refractivity contribution is 8.13. The van der Waals surface area contributed by atoms with E-state index in [0.29, 0.717) is 19.8 Å². The van der Waals surface area contributed by atoms with Gasteiger partial charge in [0, 0.05) is 19.8 Å². The molecule has 0 amide bonds. The van der Waals surface area contributed by atoms with Crippen LogP contribution in [0, 0.1) is 0 Å². The van der Waals surface area contributed by atoms with E-state index in [-0.39, 0.29) is 0 Å². The molecular formula is C15H30F6N2O7S2Si. The number of quaternary nitrogens is 1. The molecule has 1 saturated heterocycles. The van der Waals surface area contributed by atoms with Gasteiger partial charge in [0.2, 0.25) is 0 Å². The Hall–Kier alpha value is -0.503. The summed E-state index contributed by atoms with van der Waals surface area (Å²) in [5.74, 6) is 0. The highest BCUT2D eigenvalue weighted by Gasteiger charge is 2.49. The Morgan fingerprint density at radius 3 is 1.36 bits per heavy atom. The SMILES string of the molecule is CCO[Si](C[N+]1(C)CCCCC1)(OCC)OCC.O=S(=O)([N-]S(=O)(=O)C(F)(F)F)C(F)(F)F. The van der Waals surface area contributed by atoms with Gasteiger partial charge in [0.05, 0.1) is 20.1 Å². The minimum absolute atomic E-state index is 0.673. The average molecular weight is 557 g/mol. The standard InChI is InChI=1S/C13H30NO3Si.C2F6NO4S2/c1-5-15-18(16-6-2,17-7-3)13-14(4)11-9-8-10-12-14;3-1(4,5)14(10,11)9-15(12,13)2(6,7)8/h5-13H2,1-4H3;/q+1;-1. The second kappa shape index (κ2) is 12.5. The number of sulfonamides is 2. The lowest BCUT2D eigenvalue weighted by Gasteiger charge is -2.42. The van der Waals surface area contributed by atoms with Crippen LogP contribution in [-0.4, -0.2) is 87.3 Å².